The highest BCUT2D eigenvalue weighted by atomic mass is 35.5. The molecule has 2 aromatic rings. The largest absolute Gasteiger partial charge is 0.489 e. The van der Waals surface area contributed by atoms with Crippen LogP contribution in [-0.4, -0.2) is 30.0 Å². The zero-order valence-corrected chi connectivity index (χ0v) is 14.7. The van der Waals surface area contributed by atoms with Crippen LogP contribution >= 0.6 is 24.8 Å². The van der Waals surface area contributed by atoms with Crippen LogP contribution < -0.4 is 15.4 Å². The lowest BCUT2D eigenvalue weighted by Crippen LogP contribution is -2.36. The van der Waals surface area contributed by atoms with Crippen molar-refractivity contribution in [3.63, 3.8) is 0 Å². The lowest BCUT2D eigenvalue weighted by atomic mass is 10.1. The van der Waals surface area contributed by atoms with Crippen LogP contribution in [0.2, 0.25) is 0 Å². The fourth-order valence-corrected chi connectivity index (χ4v) is 2.42. The molecule has 1 fully saturated rings. The number of ether oxygens (including phenoxy) is 1. The smallest absolute Gasteiger partial charge is 0.251 e. The fraction of sp³-hybridized carbons (Fsp3) is 0.294. The molecule has 1 amide bonds. The van der Waals surface area contributed by atoms with E-state index >= 15 is 0 Å². The highest BCUT2D eigenvalue weighted by Gasteiger charge is 2.17. The van der Waals surface area contributed by atoms with E-state index in [0.717, 1.165) is 25.1 Å². The first-order valence-electron chi connectivity index (χ1n) is 7.44. The molecule has 0 bridgehead atoms. The standard InChI is InChI=1S/C17H19N3O2.2ClH/c21-17(20-15-6-8-19-11-15)14-4-1-5-16(9-14)22-12-13-3-2-7-18-10-13;;/h1-5,7,9-10,15,19H,6,8,11-12H2,(H,20,21);2*1H. The van der Waals surface area contributed by atoms with Gasteiger partial charge in [-0.05, 0) is 37.2 Å². The summed E-state index contributed by atoms with van der Waals surface area (Å²) in [5.41, 5.74) is 1.62. The maximum Gasteiger partial charge on any atom is 0.251 e. The predicted molar refractivity (Wildman–Crippen MR) is 98.2 cm³/mol. The van der Waals surface area contributed by atoms with Crippen molar-refractivity contribution in [3.05, 3.63) is 59.9 Å². The van der Waals surface area contributed by atoms with Crippen molar-refractivity contribution in [2.75, 3.05) is 13.1 Å². The molecule has 24 heavy (non-hydrogen) atoms. The molecule has 5 nitrogen and oxygen atoms in total. The molecule has 2 N–H and O–H groups in total. The Kier molecular flexibility index (Phi) is 8.54. The molecule has 1 aliphatic heterocycles. The fourth-order valence-electron chi connectivity index (χ4n) is 2.42. The van der Waals surface area contributed by atoms with Crippen LogP contribution in [0.3, 0.4) is 0 Å². The topological polar surface area (TPSA) is 63.2 Å². The Bertz CT molecular complexity index is 635. The van der Waals surface area contributed by atoms with Gasteiger partial charge < -0.3 is 15.4 Å². The summed E-state index contributed by atoms with van der Waals surface area (Å²) in [6.45, 7) is 2.23. The van der Waals surface area contributed by atoms with E-state index in [1.807, 2.05) is 24.3 Å². The summed E-state index contributed by atoms with van der Waals surface area (Å²) >= 11 is 0. The summed E-state index contributed by atoms with van der Waals surface area (Å²) in [5.74, 6) is 0.626. The Morgan fingerprint density at radius 1 is 1.29 bits per heavy atom. The summed E-state index contributed by atoms with van der Waals surface area (Å²) in [4.78, 5) is 16.3. The Morgan fingerprint density at radius 3 is 2.88 bits per heavy atom. The average molecular weight is 370 g/mol. The summed E-state index contributed by atoms with van der Waals surface area (Å²) in [6.07, 6.45) is 4.47. The molecule has 1 aromatic carbocycles. The van der Waals surface area contributed by atoms with Crippen LogP contribution in [0.15, 0.2) is 48.8 Å². The molecule has 3 rings (SSSR count). The van der Waals surface area contributed by atoms with E-state index in [4.69, 9.17) is 4.74 Å². The van der Waals surface area contributed by atoms with Gasteiger partial charge in [0.15, 0.2) is 0 Å². The van der Waals surface area contributed by atoms with Gasteiger partial charge in [0.1, 0.15) is 12.4 Å². The van der Waals surface area contributed by atoms with Gasteiger partial charge in [0.05, 0.1) is 0 Å². The van der Waals surface area contributed by atoms with Gasteiger partial charge in [-0.25, -0.2) is 0 Å². The van der Waals surface area contributed by atoms with E-state index in [-0.39, 0.29) is 36.8 Å². The Hall–Kier alpha value is -1.82. The van der Waals surface area contributed by atoms with E-state index in [0.29, 0.717) is 17.9 Å². The second-order valence-corrected chi connectivity index (χ2v) is 5.34. The second kappa shape index (κ2) is 10.1. The van der Waals surface area contributed by atoms with E-state index in [1.165, 1.54) is 0 Å². The monoisotopic (exact) mass is 369 g/mol. The van der Waals surface area contributed by atoms with Crippen LogP contribution in [0, 0.1) is 0 Å². The van der Waals surface area contributed by atoms with Gasteiger partial charge in [-0.2, -0.15) is 0 Å². The lowest BCUT2D eigenvalue weighted by Gasteiger charge is -2.12. The van der Waals surface area contributed by atoms with E-state index < -0.39 is 0 Å². The van der Waals surface area contributed by atoms with Gasteiger partial charge in [-0.15, -0.1) is 24.8 Å². The first-order chi connectivity index (χ1) is 10.8. The van der Waals surface area contributed by atoms with Crippen LogP contribution in [0.4, 0.5) is 0 Å². The summed E-state index contributed by atoms with van der Waals surface area (Å²) in [6, 6.07) is 11.3. The van der Waals surface area contributed by atoms with Crippen LogP contribution in [0.25, 0.3) is 0 Å². The molecule has 1 atom stereocenters. The summed E-state index contributed by atoms with van der Waals surface area (Å²) < 4.78 is 5.72. The molecule has 0 radical (unpaired) electrons. The molecule has 2 heterocycles. The molecule has 0 spiro atoms. The number of aromatic nitrogens is 1. The quantitative estimate of drug-likeness (QED) is 0.849. The van der Waals surface area contributed by atoms with Crippen molar-refractivity contribution in [3.8, 4) is 5.75 Å². The molecule has 1 unspecified atom stereocenters. The zero-order chi connectivity index (χ0) is 15.2. The van der Waals surface area contributed by atoms with Gasteiger partial charge in [-0.1, -0.05) is 12.1 Å². The third kappa shape index (κ3) is 5.67. The van der Waals surface area contributed by atoms with Crippen molar-refractivity contribution >= 4 is 30.7 Å². The van der Waals surface area contributed by atoms with E-state index in [2.05, 4.69) is 15.6 Å². The number of rotatable bonds is 5. The van der Waals surface area contributed by atoms with Crippen molar-refractivity contribution < 1.29 is 9.53 Å². The number of nitrogens with one attached hydrogen (secondary N) is 2. The molecular formula is C17H21Cl2N3O2. The Labute approximate surface area is 154 Å². The number of carbonyl (C=O) groups excluding carboxylic acids is 1. The number of nitrogens with zero attached hydrogens (tertiary/aromatic N) is 1. The maximum atomic E-state index is 12.2. The molecule has 0 aliphatic carbocycles. The van der Waals surface area contributed by atoms with Crippen molar-refractivity contribution in [2.24, 2.45) is 0 Å². The third-order valence-corrected chi connectivity index (χ3v) is 3.62. The van der Waals surface area contributed by atoms with Crippen LogP contribution in [-0.2, 0) is 6.61 Å². The van der Waals surface area contributed by atoms with Gasteiger partial charge >= 0.3 is 0 Å². The molecule has 7 heteroatoms. The van der Waals surface area contributed by atoms with E-state index in [9.17, 15) is 4.79 Å². The molecule has 1 saturated heterocycles. The Morgan fingerprint density at radius 2 is 2.17 bits per heavy atom. The van der Waals surface area contributed by atoms with Crippen LogP contribution in [0.5, 0.6) is 5.75 Å². The van der Waals surface area contributed by atoms with Crippen molar-refractivity contribution in [2.45, 2.75) is 19.1 Å². The number of amides is 1. The number of hydrogen-bond donors (Lipinski definition) is 2. The Balaban J connectivity index is 0.00000144. The summed E-state index contributed by atoms with van der Waals surface area (Å²) in [7, 11) is 0. The van der Waals surface area contributed by atoms with Gasteiger partial charge in [-0.3, -0.25) is 9.78 Å². The van der Waals surface area contributed by atoms with Crippen molar-refractivity contribution in [1.29, 1.82) is 0 Å². The normalized spacial score (nSPS) is 15.8. The first-order valence-corrected chi connectivity index (χ1v) is 7.44. The van der Waals surface area contributed by atoms with Gasteiger partial charge in [0, 0.05) is 36.1 Å². The van der Waals surface area contributed by atoms with Crippen LogP contribution in [0.1, 0.15) is 22.3 Å². The van der Waals surface area contributed by atoms with E-state index in [1.54, 1.807) is 24.5 Å². The SMILES string of the molecule is Cl.Cl.O=C(NC1CCNC1)c1cccc(OCc2cccnc2)c1. The molecule has 0 saturated carbocycles. The zero-order valence-electron chi connectivity index (χ0n) is 13.1. The molecule has 1 aliphatic rings. The number of carbonyl (C=O) groups is 1. The third-order valence-electron chi connectivity index (χ3n) is 3.62. The minimum Gasteiger partial charge on any atom is -0.489 e. The van der Waals surface area contributed by atoms with Gasteiger partial charge in [0.2, 0.25) is 0 Å². The minimum atomic E-state index is -0.0551. The van der Waals surface area contributed by atoms with Crippen molar-refractivity contribution in [1.82, 2.24) is 15.6 Å². The highest BCUT2D eigenvalue weighted by molar-refractivity contribution is 5.94. The average Bonchev–Trinajstić information content (AvgIpc) is 3.07. The number of benzene rings is 1. The lowest BCUT2D eigenvalue weighted by molar-refractivity contribution is 0.0939. The highest BCUT2D eigenvalue weighted by Crippen LogP contribution is 2.15. The summed E-state index contributed by atoms with van der Waals surface area (Å²) in [5, 5.41) is 6.26. The number of pyridine rings is 1. The minimum absolute atomic E-state index is 0. The predicted octanol–water partition coefficient (Wildman–Crippen LogP) is 2.60. The molecular weight excluding hydrogens is 349 g/mol. The van der Waals surface area contributed by atoms with Gasteiger partial charge in [0.25, 0.3) is 5.91 Å². The maximum absolute atomic E-state index is 12.2. The number of hydrogen-bond acceptors (Lipinski definition) is 4. The number of halogens is 2. The first kappa shape index (κ1) is 20.2. The second-order valence-electron chi connectivity index (χ2n) is 5.34. The molecule has 1 aromatic heterocycles. The molecule has 130 valence electrons.